The van der Waals surface area contributed by atoms with Crippen molar-refractivity contribution in [2.24, 2.45) is 23.7 Å². The van der Waals surface area contributed by atoms with Gasteiger partial charge in [-0.15, -0.1) is 0 Å². The number of methoxy groups -OCH3 is 2. The summed E-state index contributed by atoms with van der Waals surface area (Å²) in [6, 6.07) is 2.86. The van der Waals surface area contributed by atoms with Crippen LogP contribution in [0.5, 0.6) is 11.5 Å². The summed E-state index contributed by atoms with van der Waals surface area (Å²) >= 11 is 0. The highest BCUT2D eigenvalue weighted by Gasteiger charge is 2.30. The van der Waals surface area contributed by atoms with E-state index in [0.717, 1.165) is 24.7 Å². The highest BCUT2D eigenvalue weighted by molar-refractivity contribution is 5.34. The van der Waals surface area contributed by atoms with Crippen molar-refractivity contribution in [2.45, 2.75) is 51.4 Å². The first-order valence-corrected chi connectivity index (χ1v) is 10.9. The van der Waals surface area contributed by atoms with Crippen molar-refractivity contribution in [1.82, 2.24) is 0 Å². The van der Waals surface area contributed by atoms with Gasteiger partial charge in [0.2, 0.25) is 11.6 Å². The van der Waals surface area contributed by atoms with Crippen LogP contribution in [-0.4, -0.2) is 27.4 Å². The predicted octanol–water partition coefficient (Wildman–Crippen LogP) is 6.17. The molecule has 2 aliphatic rings. The minimum absolute atomic E-state index is 0.0229. The van der Waals surface area contributed by atoms with E-state index in [1.54, 1.807) is 7.11 Å². The fourth-order valence-electron chi connectivity index (χ4n) is 4.97. The Kier molecular flexibility index (Phi) is 8.34. The molecule has 0 heterocycles. The average molecular weight is 409 g/mol. The van der Waals surface area contributed by atoms with E-state index in [9.17, 15) is 8.78 Å². The maximum Gasteiger partial charge on any atom is 0.204 e. The molecule has 0 radical (unpaired) electrons. The van der Waals surface area contributed by atoms with Gasteiger partial charge in [-0.05, 0) is 87.2 Å². The molecule has 0 aromatic heterocycles. The van der Waals surface area contributed by atoms with E-state index >= 15 is 0 Å². The Morgan fingerprint density at radius 2 is 1.45 bits per heavy atom. The summed E-state index contributed by atoms with van der Waals surface area (Å²) in [5, 5.41) is 0. The summed E-state index contributed by atoms with van der Waals surface area (Å²) in [4.78, 5) is 0. The monoisotopic (exact) mass is 408 g/mol. The molecule has 0 saturated heterocycles. The SMILES string of the molecule is COC/C=C/[C@H]1CC[C@H](C2CCC(COc3ccc(OC)c(F)c3F)CC2)CC1. The average Bonchev–Trinajstić information content (AvgIpc) is 2.76. The number of rotatable bonds is 8. The molecule has 0 aliphatic heterocycles. The van der Waals surface area contributed by atoms with Crippen LogP contribution in [0, 0.1) is 35.3 Å². The summed E-state index contributed by atoms with van der Waals surface area (Å²) in [5.41, 5.74) is 0. The minimum Gasteiger partial charge on any atom is -0.494 e. The standard InChI is InChI=1S/C24H34F2O3/c1-27-15-3-4-17-5-9-19(10-6-17)20-11-7-18(8-12-20)16-29-22-14-13-21(28-2)23(25)24(22)26/h3-4,13-14,17-20H,5-12,15-16H2,1-2H3/b4-3+/t17-,18?,19-,20?. The first kappa shape index (κ1) is 22.1. The van der Waals surface area contributed by atoms with Crippen molar-refractivity contribution in [3.05, 3.63) is 35.9 Å². The molecular weight excluding hydrogens is 374 g/mol. The van der Waals surface area contributed by atoms with Crippen LogP contribution in [0.3, 0.4) is 0 Å². The molecule has 0 bridgehead atoms. The van der Waals surface area contributed by atoms with Gasteiger partial charge in [0.25, 0.3) is 0 Å². The van der Waals surface area contributed by atoms with Crippen LogP contribution >= 0.6 is 0 Å². The summed E-state index contributed by atoms with van der Waals surface area (Å²) in [6.45, 7) is 1.16. The van der Waals surface area contributed by atoms with Crippen molar-refractivity contribution in [2.75, 3.05) is 27.4 Å². The van der Waals surface area contributed by atoms with Crippen LogP contribution in [0.2, 0.25) is 0 Å². The molecule has 29 heavy (non-hydrogen) atoms. The van der Waals surface area contributed by atoms with Crippen LogP contribution in [-0.2, 0) is 4.74 Å². The van der Waals surface area contributed by atoms with Crippen LogP contribution in [0.1, 0.15) is 51.4 Å². The Morgan fingerprint density at radius 3 is 2.07 bits per heavy atom. The van der Waals surface area contributed by atoms with E-state index in [4.69, 9.17) is 14.2 Å². The summed E-state index contributed by atoms with van der Waals surface area (Å²) < 4.78 is 43.3. The third-order valence-corrected chi connectivity index (χ3v) is 6.75. The van der Waals surface area contributed by atoms with Gasteiger partial charge in [-0.25, -0.2) is 0 Å². The topological polar surface area (TPSA) is 27.7 Å². The molecule has 2 fully saturated rings. The van der Waals surface area contributed by atoms with Gasteiger partial charge < -0.3 is 14.2 Å². The highest BCUT2D eigenvalue weighted by Crippen LogP contribution is 2.41. The number of halogens is 2. The van der Waals surface area contributed by atoms with Gasteiger partial charge in [-0.1, -0.05) is 12.2 Å². The number of hydrogen-bond donors (Lipinski definition) is 0. The molecule has 3 rings (SSSR count). The number of hydrogen-bond acceptors (Lipinski definition) is 3. The zero-order valence-corrected chi connectivity index (χ0v) is 17.7. The van der Waals surface area contributed by atoms with Crippen LogP contribution < -0.4 is 9.47 Å². The van der Waals surface area contributed by atoms with Gasteiger partial charge >= 0.3 is 0 Å². The molecule has 2 aliphatic carbocycles. The van der Waals surface area contributed by atoms with Crippen molar-refractivity contribution in [3.63, 3.8) is 0 Å². The Labute approximate surface area is 173 Å². The number of allylic oxidation sites excluding steroid dienone is 1. The van der Waals surface area contributed by atoms with Gasteiger partial charge in [-0.3, -0.25) is 0 Å². The van der Waals surface area contributed by atoms with Crippen LogP contribution in [0.4, 0.5) is 8.78 Å². The van der Waals surface area contributed by atoms with E-state index in [0.29, 0.717) is 25.0 Å². The van der Waals surface area contributed by atoms with E-state index < -0.39 is 11.6 Å². The van der Waals surface area contributed by atoms with Crippen molar-refractivity contribution in [1.29, 1.82) is 0 Å². The third kappa shape index (κ3) is 5.94. The second kappa shape index (κ2) is 11.0. The Balaban J connectivity index is 1.40. The van der Waals surface area contributed by atoms with Gasteiger partial charge in [0.05, 0.1) is 20.3 Å². The molecule has 3 nitrogen and oxygen atoms in total. The molecular formula is C24H34F2O3. The van der Waals surface area contributed by atoms with E-state index in [1.165, 1.54) is 57.8 Å². The van der Waals surface area contributed by atoms with Crippen LogP contribution in [0.25, 0.3) is 0 Å². The lowest BCUT2D eigenvalue weighted by Crippen LogP contribution is -2.27. The lowest BCUT2D eigenvalue weighted by Gasteiger charge is -2.37. The molecule has 1 aromatic rings. The molecule has 0 atom stereocenters. The van der Waals surface area contributed by atoms with Gasteiger partial charge in [0, 0.05) is 7.11 Å². The highest BCUT2D eigenvalue weighted by atomic mass is 19.2. The molecule has 0 N–H and O–H groups in total. The zero-order valence-electron chi connectivity index (χ0n) is 17.7. The first-order valence-electron chi connectivity index (χ1n) is 10.9. The molecule has 0 unspecified atom stereocenters. The summed E-state index contributed by atoms with van der Waals surface area (Å²) in [5.74, 6) is 0.720. The van der Waals surface area contributed by atoms with E-state index in [1.807, 2.05) is 0 Å². The van der Waals surface area contributed by atoms with E-state index in [2.05, 4.69) is 12.2 Å². The zero-order chi connectivity index (χ0) is 20.6. The molecule has 2 saturated carbocycles. The fourth-order valence-corrected chi connectivity index (χ4v) is 4.97. The van der Waals surface area contributed by atoms with Crippen molar-refractivity contribution in [3.8, 4) is 11.5 Å². The Morgan fingerprint density at radius 1 is 0.862 bits per heavy atom. The maximum atomic E-state index is 14.0. The molecule has 0 amide bonds. The second-order valence-electron chi connectivity index (χ2n) is 8.54. The molecule has 5 heteroatoms. The van der Waals surface area contributed by atoms with Crippen molar-refractivity contribution >= 4 is 0 Å². The summed E-state index contributed by atoms with van der Waals surface area (Å²) in [6.07, 6.45) is 14.4. The first-order chi connectivity index (χ1) is 14.1. The summed E-state index contributed by atoms with van der Waals surface area (Å²) in [7, 11) is 3.05. The lowest BCUT2D eigenvalue weighted by atomic mass is 9.69. The second-order valence-corrected chi connectivity index (χ2v) is 8.54. The maximum absolute atomic E-state index is 14.0. The lowest BCUT2D eigenvalue weighted by molar-refractivity contribution is 0.127. The van der Waals surface area contributed by atoms with E-state index in [-0.39, 0.29) is 11.5 Å². The number of ether oxygens (including phenoxy) is 3. The number of benzene rings is 1. The quantitative estimate of drug-likeness (QED) is 0.482. The normalized spacial score (nSPS) is 27.9. The molecule has 1 aromatic carbocycles. The Hall–Kier alpha value is -1.62. The van der Waals surface area contributed by atoms with Crippen molar-refractivity contribution < 1.29 is 23.0 Å². The van der Waals surface area contributed by atoms with Crippen LogP contribution in [0.15, 0.2) is 24.3 Å². The molecule has 0 spiro atoms. The fraction of sp³-hybridized carbons (Fsp3) is 0.667. The minimum atomic E-state index is -0.985. The third-order valence-electron chi connectivity index (χ3n) is 6.75. The smallest absolute Gasteiger partial charge is 0.204 e. The van der Waals surface area contributed by atoms with Gasteiger partial charge in [0.1, 0.15) is 0 Å². The predicted molar refractivity (Wildman–Crippen MR) is 110 cm³/mol. The molecule has 162 valence electrons. The van der Waals surface area contributed by atoms with Gasteiger partial charge in [-0.2, -0.15) is 8.78 Å². The Bertz CT molecular complexity index is 660. The van der Waals surface area contributed by atoms with Gasteiger partial charge in [0.15, 0.2) is 11.5 Å². The largest absolute Gasteiger partial charge is 0.494 e.